The van der Waals surface area contributed by atoms with Crippen LogP contribution in [0, 0.1) is 0 Å². The Labute approximate surface area is 166 Å². The first kappa shape index (κ1) is 19.5. The van der Waals surface area contributed by atoms with E-state index in [-0.39, 0.29) is 17.7 Å². The molecule has 0 spiro atoms. The molecule has 0 unspecified atom stereocenters. The molecule has 2 aromatic rings. The van der Waals surface area contributed by atoms with E-state index < -0.39 is 0 Å². The first-order valence-corrected chi connectivity index (χ1v) is 9.48. The average molecular weight is 404 g/mol. The second kappa shape index (κ2) is 9.08. The third-order valence-corrected chi connectivity index (χ3v) is 5.07. The number of benzene rings is 2. The first-order valence-electron chi connectivity index (χ1n) is 8.29. The van der Waals surface area contributed by atoms with E-state index in [9.17, 15) is 9.59 Å². The lowest BCUT2D eigenvalue weighted by atomic mass is 10.1. The summed E-state index contributed by atoms with van der Waals surface area (Å²) in [5.74, 6) is 0.325. The van der Waals surface area contributed by atoms with Gasteiger partial charge in [-0.2, -0.15) is 0 Å². The zero-order chi connectivity index (χ0) is 19.2. The van der Waals surface area contributed by atoms with Crippen LogP contribution in [0.4, 0.5) is 4.79 Å². The van der Waals surface area contributed by atoms with E-state index in [0.717, 1.165) is 22.9 Å². The predicted octanol–water partition coefficient (Wildman–Crippen LogP) is 4.60. The van der Waals surface area contributed by atoms with Crippen molar-refractivity contribution in [2.45, 2.75) is 6.61 Å². The highest BCUT2D eigenvalue weighted by Gasteiger charge is 2.34. The number of hydrogen-bond donors (Lipinski definition) is 0. The highest BCUT2D eigenvalue weighted by Crippen LogP contribution is 2.34. The van der Waals surface area contributed by atoms with Gasteiger partial charge in [-0.05, 0) is 41.6 Å². The van der Waals surface area contributed by atoms with Crippen molar-refractivity contribution < 1.29 is 19.1 Å². The zero-order valence-corrected chi connectivity index (χ0v) is 16.3. The zero-order valence-electron chi connectivity index (χ0n) is 14.7. The Morgan fingerprint density at radius 1 is 1.11 bits per heavy atom. The molecule has 0 atom stereocenters. The SMILES string of the molecule is COCCN1C(=O)S/C(=C/c2ccccc2OCc2ccc(Cl)cc2)C1=O. The lowest BCUT2D eigenvalue weighted by molar-refractivity contribution is -0.123. The molecule has 1 fully saturated rings. The van der Waals surface area contributed by atoms with Crippen molar-refractivity contribution in [3.05, 3.63) is 69.6 Å². The number of ether oxygens (including phenoxy) is 2. The third-order valence-electron chi connectivity index (χ3n) is 3.91. The van der Waals surface area contributed by atoms with E-state index in [1.165, 1.54) is 12.0 Å². The van der Waals surface area contributed by atoms with Gasteiger partial charge >= 0.3 is 0 Å². The molecule has 0 radical (unpaired) electrons. The number of halogens is 1. The molecule has 0 N–H and O–H groups in total. The topological polar surface area (TPSA) is 55.8 Å². The summed E-state index contributed by atoms with van der Waals surface area (Å²) >= 11 is 6.82. The second-order valence-corrected chi connectivity index (χ2v) is 7.21. The Bertz CT molecular complexity index is 867. The summed E-state index contributed by atoms with van der Waals surface area (Å²) in [5, 5.41) is 0.381. The summed E-state index contributed by atoms with van der Waals surface area (Å²) in [6, 6.07) is 14.8. The average Bonchev–Trinajstić information content (AvgIpc) is 2.93. The predicted molar refractivity (Wildman–Crippen MR) is 107 cm³/mol. The number of para-hydroxylation sites is 1. The van der Waals surface area contributed by atoms with Crippen LogP contribution in [-0.4, -0.2) is 36.3 Å². The largest absolute Gasteiger partial charge is 0.488 e. The van der Waals surface area contributed by atoms with E-state index >= 15 is 0 Å². The van der Waals surface area contributed by atoms with Gasteiger partial charge in [0.25, 0.3) is 11.1 Å². The van der Waals surface area contributed by atoms with Gasteiger partial charge in [0, 0.05) is 17.7 Å². The van der Waals surface area contributed by atoms with Gasteiger partial charge in [0.1, 0.15) is 12.4 Å². The molecule has 0 bridgehead atoms. The van der Waals surface area contributed by atoms with Crippen LogP contribution in [0.2, 0.25) is 5.02 Å². The number of hydrogen-bond acceptors (Lipinski definition) is 5. The Kier molecular flexibility index (Phi) is 6.55. The number of methoxy groups -OCH3 is 1. The lowest BCUT2D eigenvalue weighted by Crippen LogP contribution is -2.31. The van der Waals surface area contributed by atoms with Crippen LogP contribution in [0.5, 0.6) is 5.75 Å². The third kappa shape index (κ3) is 4.91. The Morgan fingerprint density at radius 3 is 2.59 bits per heavy atom. The highest BCUT2D eigenvalue weighted by molar-refractivity contribution is 8.18. The van der Waals surface area contributed by atoms with Crippen molar-refractivity contribution in [1.29, 1.82) is 0 Å². The molecule has 0 aromatic heterocycles. The molecule has 2 amide bonds. The van der Waals surface area contributed by atoms with Gasteiger partial charge in [0.05, 0.1) is 18.1 Å². The van der Waals surface area contributed by atoms with Crippen molar-refractivity contribution in [3.63, 3.8) is 0 Å². The number of thioether (sulfide) groups is 1. The number of rotatable bonds is 7. The fraction of sp³-hybridized carbons (Fsp3) is 0.200. The number of carbonyl (C=O) groups excluding carboxylic acids is 2. The molecule has 0 aliphatic carbocycles. The van der Waals surface area contributed by atoms with Crippen LogP contribution in [0.25, 0.3) is 6.08 Å². The number of nitrogens with zero attached hydrogens (tertiary/aromatic N) is 1. The van der Waals surface area contributed by atoms with Crippen molar-refractivity contribution in [2.75, 3.05) is 20.3 Å². The summed E-state index contributed by atoms with van der Waals surface area (Å²) in [4.78, 5) is 26.1. The van der Waals surface area contributed by atoms with Crippen molar-refractivity contribution >= 4 is 40.6 Å². The lowest BCUT2D eigenvalue weighted by Gasteiger charge is -2.11. The maximum absolute atomic E-state index is 12.5. The second-order valence-electron chi connectivity index (χ2n) is 5.78. The minimum absolute atomic E-state index is 0.243. The van der Waals surface area contributed by atoms with Crippen molar-refractivity contribution in [2.24, 2.45) is 0 Å². The summed E-state index contributed by atoms with van der Waals surface area (Å²) in [6.07, 6.45) is 1.69. The van der Waals surface area contributed by atoms with Gasteiger partial charge in [-0.15, -0.1) is 0 Å². The van der Waals surface area contributed by atoms with E-state index in [2.05, 4.69) is 0 Å². The summed E-state index contributed by atoms with van der Waals surface area (Å²) in [6.45, 7) is 0.927. The molecule has 2 aromatic carbocycles. The molecule has 1 aliphatic heterocycles. The summed E-state index contributed by atoms with van der Waals surface area (Å²) in [7, 11) is 1.53. The quantitative estimate of drug-likeness (QED) is 0.632. The van der Waals surface area contributed by atoms with E-state index in [1.54, 1.807) is 6.08 Å². The molecule has 5 nitrogen and oxygen atoms in total. The minimum Gasteiger partial charge on any atom is -0.488 e. The van der Waals surface area contributed by atoms with E-state index in [4.69, 9.17) is 21.1 Å². The van der Waals surface area contributed by atoms with Crippen LogP contribution in [0.15, 0.2) is 53.4 Å². The first-order chi connectivity index (χ1) is 13.1. The van der Waals surface area contributed by atoms with Gasteiger partial charge in [-0.25, -0.2) is 0 Å². The van der Waals surface area contributed by atoms with Gasteiger partial charge in [0.2, 0.25) is 0 Å². The molecular formula is C20H18ClNO4S. The molecule has 3 rings (SSSR count). The fourth-order valence-corrected chi connectivity index (χ4v) is 3.47. The van der Waals surface area contributed by atoms with Gasteiger partial charge < -0.3 is 9.47 Å². The van der Waals surface area contributed by atoms with E-state index in [0.29, 0.717) is 28.9 Å². The highest BCUT2D eigenvalue weighted by atomic mass is 35.5. The minimum atomic E-state index is -0.311. The summed E-state index contributed by atoms with van der Waals surface area (Å²) < 4.78 is 10.9. The monoisotopic (exact) mass is 403 g/mol. The molecule has 1 aliphatic rings. The molecular weight excluding hydrogens is 386 g/mol. The molecule has 1 saturated heterocycles. The van der Waals surface area contributed by atoms with Gasteiger partial charge in [0.15, 0.2) is 0 Å². The molecule has 140 valence electrons. The van der Waals surface area contributed by atoms with Crippen molar-refractivity contribution in [3.8, 4) is 5.75 Å². The normalized spacial score (nSPS) is 15.6. The number of carbonyl (C=O) groups is 2. The standard InChI is InChI=1S/C20H18ClNO4S/c1-25-11-10-22-19(23)18(27-20(22)24)12-15-4-2-3-5-17(15)26-13-14-6-8-16(21)9-7-14/h2-9,12H,10-11,13H2,1H3/b18-12+. The molecule has 0 saturated carbocycles. The molecule has 7 heteroatoms. The van der Waals surface area contributed by atoms with Crippen LogP contribution >= 0.6 is 23.4 Å². The fourth-order valence-electron chi connectivity index (χ4n) is 2.49. The van der Waals surface area contributed by atoms with E-state index in [1.807, 2.05) is 48.5 Å². The maximum atomic E-state index is 12.5. The van der Waals surface area contributed by atoms with Crippen LogP contribution < -0.4 is 4.74 Å². The van der Waals surface area contributed by atoms with Crippen LogP contribution in [-0.2, 0) is 16.1 Å². The summed E-state index contributed by atoms with van der Waals surface area (Å²) in [5.41, 5.74) is 1.72. The Balaban J connectivity index is 1.75. The maximum Gasteiger partial charge on any atom is 0.293 e. The van der Waals surface area contributed by atoms with Crippen LogP contribution in [0.1, 0.15) is 11.1 Å². The van der Waals surface area contributed by atoms with Crippen LogP contribution in [0.3, 0.4) is 0 Å². The number of imide groups is 1. The molecule has 1 heterocycles. The molecule has 27 heavy (non-hydrogen) atoms. The Morgan fingerprint density at radius 2 is 1.85 bits per heavy atom. The van der Waals surface area contributed by atoms with Crippen molar-refractivity contribution in [1.82, 2.24) is 4.90 Å². The number of amides is 2. The Hall–Kier alpha value is -2.28. The van der Waals surface area contributed by atoms with Gasteiger partial charge in [-0.3, -0.25) is 14.5 Å². The van der Waals surface area contributed by atoms with Gasteiger partial charge in [-0.1, -0.05) is 41.9 Å². The smallest absolute Gasteiger partial charge is 0.293 e.